The summed E-state index contributed by atoms with van der Waals surface area (Å²) in [5, 5.41) is 0. The summed E-state index contributed by atoms with van der Waals surface area (Å²) in [5.41, 5.74) is 0.764. The number of nitrogens with zero attached hydrogens (tertiary/aromatic N) is 2. The smallest absolute Gasteiger partial charge is 0.0106 e. The van der Waals surface area contributed by atoms with Gasteiger partial charge in [-0.1, -0.05) is 6.92 Å². The van der Waals surface area contributed by atoms with Gasteiger partial charge in [-0.15, -0.1) is 0 Å². The Bertz CT molecular complexity index is 252. The largest absolute Gasteiger partial charge is 0.306 e. The highest BCUT2D eigenvalue weighted by molar-refractivity contribution is 5.01. The lowest BCUT2D eigenvalue weighted by atomic mass is 9.60. The van der Waals surface area contributed by atoms with Crippen LogP contribution in [-0.4, -0.2) is 49.1 Å². The summed E-state index contributed by atoms with van der Waals surface area (Å²) in [7, 11) is 2.27. The van der Waals surface area contributed by atoms with Crippen LogP contribution in [-0.2, 0) is 0 Å². The molecule has 3 fully saturated rings. The van der Waals surface area contributed by atoms with Crippen molar-refractivity contribution in [1.82, 2.24) is 9.80 Å². The Morgan fingerprint density at radius 3 is 2.12 bits per heavy atom. The maximum atomic E-state index is 2.80. The number of hydrogen-bond acceptors (Lipinski definition) is 2. The lowest BCUT2D eigenvalue weighted by Gasteiger charge is -2.56. The predicted octanol–water partition coefficient (Wildman–Crippen LogP) is 2.59. The molecule has 17 heavy (non-hydrogen) atoms. The van der Waals surface area contributed by atoms with Crippen LogP contribution in [0, 0.1) is 11.3 Å². The molecule has 3 rings (SSSR count). The van der Waals surface area contributed by atoms with Gasteiger partial charge in [-0.3, -0.25) is 0 Å². The minimum absolute atomic E-state index is 0.764. The van der Waals surface area contributed by atoms with Crippen LogP contribution in [0.3, 0.4) is 0 Å². The van der Waals surface area contributed by atoms with Crippen molar-refractivity contribution in [1.29, 1.82) is 0 Å². The lowest BCUT2D eigenvalue weighted by molar-refractivity contribution is -0.0476. The summed E-state index contributed by atoms with van der Waals surface area (Å²) < 4.78 is 0. The molecule has 2 heterocycles. The Morgan fingerprint density at radius 2 is 1.53 bits per heavy atom. The molecule has 2 nitrogen and oxygen atoms in total. The van der Waals surface area contributed by atoms with Crippen LogP contribution < -0.4 is 0 Å². The Labute approximate surface area is 106 Å². The monoisotopic (exact) mass is 236 g/mol. The normalized spacial score (nSPS) is 32.8. The van der Waals surface area contributed by atoms with Gasteiger partial charge in [0, 0.05) is 6.04 Å². The molecule has 1 aliphatic carbocycles. The van der Waals surface area contributed by atoms with Crippen molar-refractivity contribution in [2.24, 2.45) is 11.3 Å². The third kappa shape index (κ3) is 2.39. The van der Waals surface area contributed by atoms with Crippen molar-refractivity contribution in [3.8, 4) is 0 Å². The third-order valence-electron chi connectivity index (χ3n) is 5.72. The van der Waals surface area contributed by atoms with Crippen molar-refractivity contribution in [3.05, 3.63) is 0 Å². The fourth-order valence-electron chi connectivity index (χ4n) is 4.09. The highest BCUT2D eigenvalue weighted by Gasteiger charge is 2.47. The summed E-state index contributed by atoms with van der Waals surface area (Å²) in [5.74, 6) is 0.976. The molecule has 0 atom stereocenters. The van der Waals surface area contributed by atoms with Crippen LogP contribution in [0.5, 0.6) is 0 Å². The van der Waals surface area contributed by atoms with E-state index >= 15 is 0 Å². The average Bonchev–Trinajstić information content (AvgIpc) is 2.29. The first-order valence-corrected chi connectivity index (χ1v) is 7.59. The second kappa shape index (κ2) is 4.55. The molecule has 0 N–H and O–H groups in total. The molecule has 2 saturated heterocycles. The zero-order valence-corrected chi connectivity index (χ0v) is 11.6. The summed E-state index contributed by atoms with van der Waals surface area (Å²) in [6.45, 7) is 7.84. The summed E-state index contributed by atoms with van der Waals surface area (Å²) in [6, 6.07) is 0.950. The van der Waals surface area contributed by atoms with Gasteiger partial charge >= 0.3 is 0 Å². The second-order valence-corrected chi connectivity index (χ2v) is 7.08. The van der Waals surface area contributed by atoms with Crippen molar-refractivity contribution in [2.75, 3.05) is 33.2 Å². The molecule has 0 aromatic rings. The van der Waals surface area contributed by atoms with E-state index in [1.807, 2.05) is 0 Å². The van der Waals surface area contributed by atoms with Crippen molar-refractivity contribution in [3.63, 3.8) is 0 Å². The Balaban J connectivity index is 1.48. The molecule has 0 aromatic heterocycles. The van der Waals surface area contributed by atoms with E-state index < -0.39 is 0 Å². The van der Waals surface area contributed by atoms with E-state index in [9.17, 15) is 0 Å². The number of rotatable bonds is 1. The third-order valence-corrected chi connectivity index (χ3v) is 5.72. The summed E-state index contributed by atoms with van der Waals surface area (Å²) in [4.78, 5) is 5.30. The van der Waals surface area contributed by atoms with E-state index in [-0.39, 0.29) is 0 Å². The SMILES string of the molecule is CC1CCN(C2CC3(CCN(C)CC3)C2)CC1. The van der Waals surface area contributed by atoms with Crippen LogP contribution in [0.4, 0.5) is 0 Å². The standard InChI is InChI=1S/C15H28N2/c1-13-3-7-17(8-4-13)14-11-15(12-14)5-9-16(2)10-6-15/h13-14H,3-12H2,1-2H3. The number of hydrogen-bond donors (Lipinski definition) is 0. The van der Waals surface area contributed by atoms with Crippen molar-refractivity contribution < 1.29 is 0 Å². The van der Waals surface area contributed by atoms with E-state index in [2.05, 4.69) is 23.8 Å². The van der Waals surface area contributed by atoms with Crippen LogP contribution in [0.15, 0.2) is 0 Å². The van der Waals surface area contributed by atoms with Crippen LogP contribution >= 0.6 is 0 Å². The summed E-state index contributed by atoms with van der Waals surface area (Å²) in [6.07, 6.45) is 8.82. The minimum atomic E-state index is 0.764. The highest BCUT2D eigenvalue weighted by atomic mass is 15.2. The molecule has 0 amide bonds. The summed E-state index contributed by atoms with van der Waals surface area (Å²) >= 11 is 0. The second-order valence-electron chi connectivity index (χ2n) is 7.08. The molecule has 2 aliphatic heterocycles. The molecule has 2 heteroatoms. The van der Waals surface area contributed by atoms with Gasteiger partial charge in [0.15, 0.2) is 0 Å². The molecule has 0 bridgehead atoms. The number of piperidine rings is 2. The Morgan fingerprint density at radius 1 is 0.941 bits per heavy atom. The molecule has 0 radical (unpaired) electrons. The van der Waals surface area contributed by atoms with Gasteiger partial charge in [0.1, 0.15) is 0 Å². The predicted molar refractivity (Wildman–Crippen MR) is 72.2 cm³/mol. The van der Waals surface area contributed by atoms with E-state index in [0.29, 0.717) is 0 Å². The zero-order valence-electron chi connectivity index (χ0n) is 11.6. The fraction of sp³-hybridized carbons (Fsp3) is 1.00. The van der Waals surface area contributed by atoms with Crippen LogP contribution in [0.1, 0.15) is 45.4 Å². The van der Waals surface area contributed by atoms with E-state index in [1.54, 1.807) is 0 Å². The molecule has 1 spiro atoms. The first-order valence-electron chi connectivity index (χ1n) is 7.59. The molecule has 3 aliphatic rings. The Hall–Kier alpha value is -0.0800. The van der Waals surface area contributed by atoms with Gasteiger partial charge in [-0.2, -0.15) is 0 Å². The molecule has 98 valence electrons. The van der Waals surface area contributed by atoms with Crippen LogP contribution in [0.25, 0.3) is 0 Å². The average molecular weight is 236 g/mol. The van der Waals surface area contributed by atoms with Crippen LogP contribution in [0.2, 0.25) is 0 Å². The van der Waals surface area contributed by atoms with E-state index in [0.717, 1.165) is 17.4 Å². The molecular formula is C15H28N2. The zero-order chi connectivity index (χ0) is 11.9. The minimum Gasteiger partial charge on any atom is -0.306 e. The fourth-order valence-corrected chi connectivity index (χ4v) is 4.09. The van der Waals surface area contributed by atoms with Gasteiger partial charge in [-0.25, -0.2) is 0 Å². The van der Waals surface area contributed by atoms with Gasteiger partial charge in [-0.05, 0) is 83.1 Å². The van der Waals surface area contributed by atoms with E-state index in [1.165, 1.54) is 64.7 Å². The van der Waals surface area contributed by atoms with E-state index in [4.69, 9.17) is 0 Å². The quantitative estimate of drug-likeness (QED) is 0.690. The lowest BCUT2D eigenvalue weighted by Crippen LogP contribution is -2.55. The van der Waals surface area contributed by atoms with Gasteiger partial charge < -0.3 is 9.80 Å². The first kappa shape index (κ1) is 12.0. The first-order chi connectivity index (χ1) is 8.17. The maximum absolute atomic E-state index is 2.80. The molecule has 0 aromatic carbocycles. The van der Waals surface area contributed by atoms with Crippen molar-refractivity contribution in [2.45, 2.75) is 51.5 Å². The van der Waals surface area contributed by atoms with Gasteiger partial charge in [0.25, 0.3) is 0 Å². The number of likely N-dealkylation sites (tertiary alicyclic amines) is 2. The Kier molecular flexibility index (Phi) is 3.20. The molecular weight excluding hydrogens is 208 g/mol. The topological polar surface area (TPSA) is 6.48 Å². The molecule has 1 saturated carbocycles. The maximum Gasteiger partial charge on any atom is 0.0106 e. The van der Waals surface area contributed by atoms with Gasteiger partial charge in [0.2, 0.25) is 0 Å². The molecule has 0 unspecified atom stereocenters. The van der Waals surface area contributed by atoms with Gasteiger partial charge in [0.05, 0.1) is 0 Å². The van der Waals surface area contributed by atoms with Crippen molar-refractivity contribution >= 4 is 0 Å². The highest BCUT2D eigenvalue weighted by Crippen LogP contribution is 2.51.